The molecule has 0 unspecified atom stereocenters. The molecule has 0 radical (unpaired) electrons. The second-order valence-electron chi connectivity index (χ2n) is 11.6. The summed E-state index contributed by atoms with van der Waals surface area (Å²) in [5.41, 5.74) is 3.97. The Morgan fingerprint density at radius 3 is 2.50 bits per heavy atom. The van der Waals surface area contributed by atoms with E-state index in [0.717, 1.165) is 27.0 Å². The highest BCUT2D eigenvalue weighted by molar-refractivity contribution is 6.14. The van der Waals surface area contributed by atoms with Crippen LogP contribution in [0.1, 0.15) is 32.9 Å². The highest BCUT2D eigenvalue weighted by atomic mass is 19.4. The van der Waals surface area contributed by atoms with Crippen LogP contribution < -0.4 is 14.5 Å². The Kier molecular flexibility index (Phi) is 7.42. The summed E-state index contributed by atoms with van der Waals surface area (Å²) in [7, 11) is 3.06. The molecule has 2 aromatic carbocycles. The highest BCUT2D eigenvalue weighted by Crippen LogP contribution is 2.42. The van der Waals surface area contributed by atoms with Crippen LogP contribution in [0, 0.1) is 6.92 Å². The third kappa shape index (κ3) is 5.34. The Bertz CT molecular complexity index is 1950. The van der Waals surface area contributed by atoms with Gasteiger partial charge in [-0.05, 0) is 54.3 Å². The van der Waals surface area contributed by atoms with Crippen molar-refractivity contribution in [3.63, 3.8) is 0 Å². The fourth-order valence-corrected chi connectivity index (χ4v) is 6.49. The van der Waals surface area contributed by atoms with E-state index in [-0.39, 0.29) is 18.0 Å². The van der Waals surface area contributed by atoms with E-state index in [2.05, 4.69) is 15.0 Å². The van der Waals surface area contributed by atoms with Crippen LogP contribution in [0.3, 0.4) is 0 Å². The van der Waals surface area contributed by atoms with Crippen LogP contribution in [-0.2, 0) is 30.9 Å². The molecule has 0 saturated carbocycles. The van der Waals surface area contributed by atoms with Gasteiger partial charge in [-0.2, -0.15) is 18.3 Å². The zero-order valence-corrected chi connectivity index (χ0v) is 25.6. The van der Waals surface area contributed by atoms with Crippen molar-refractivity contribution in [1.29, 1.82) is 0 Å². The van der Waals surface area contributed by atoms with E-state index in [1.54, 1.807) is 42.9 Å². The maximum Gasteiger partial charge on any atom is 0.435 e. The summed E-state index contributed by atoms with van der Waals surface area (Å²) < 4.78 is 56.7. The number of benzene rings is 2. The van der Waals surface area contributed by atoms with E-state index >= 15 is 0 Å². The number of carbonyl (C=O) groups is 1. The molecule has 5 heterocycles. The van der Waals surface area contributed by atoms with E-state index < -0.39 is 11.9 Å². The number of aromatic nitrogens is 5. The van der Waals surface area contributed by atoms with Gasteiger partial charge in [-0.3, -0.25) is 14.5 Å². The van der Waals surface area contributed by atoms with E-state index in [0.29, 0.717) is 73.0 Å². The van der Waals surface area contributed by atoms with Crippen LogP contribution in [0.15, 0.2) is 55.2 Å². The van der Waals surface area contributed by atoms with Gasteiger partial charge in [0.05, 0.1) is 43.5 Å². The summed E-state index contributed by atoms with van der Waals surface area (Å²) in [5.74, 6) is 0.335. The predicted octanol–water partition coefficient (Wildman–Crippen LogP) is 5.26. The maximum atomic E-state index is 14.5. The second kappa shape index (κ2) is 11.5. The number of rotatable bonds is 6. The SMILES string of the molecule is COc1cc(N2CCOCC2)c2nc(C)cc(N3CCc4c(cc(Cn5ccnc5)cc4-c4cn(C)nc4C(F)(F)F)C3=O)c2c1. The van der Waals surface area contributed by atoms with E-state index in [1.165, 1.54) is 13.2 Å². The van der Waals surface area contributed by atoms with Crippen LogP contribution in [-0.4, -0.2) is 70.2 Å². The average molecular weight is 632 g/mol. The Labute approximate surface area is 263 Å². The molecular weight excluding hydrogens is 599 g/mol. The normalized spacial score (nSPS) is 15.5. The summed E-state index contributed by atoms with van der Waals surface area (Å²) in [4.78, 5) is 27.4. The Morgan fingerprint density at radius 2 is 1.78 bits per heavy atom. The molecule has 46 heavy (non-hydrogen) atoms. The fraction of sp³-hybridized carbons (Fsp3) is 0.333. The standard InChI is InChI=1S/C33H32F3N7O3/c1-20-12-28(26-15-22(45-3)16-29(30(26)38-20)42-8-10-46-11-9-42)43-6-4-23-24(27-18-40(2)39-31(27)33(34,35)36)13-21(14-25(23)32(43)44)17-41-7-5-37-19-41/h5,7,12-16,18-19H,4,6,8-11,17H2,1-3H3. The van der Waals surface area contributed by atoms with Gasteiger partial charge in [0, 0.05) is 80.1 Å². The van der Waals surface area contributed by atoms with Crippen molar-refractivity contribution in [1.82, 2.24) is 24.3 Å². The molecule has 2 aliphatic rings. The van der Waals surface area contributed by atoms with Crippen molar-refractivity contribution in [2.75, 3.05) is 49.8 Å². The number of fused-ring (bicyclic) bond motifs is 2. The van der Waals surface area contributed by atoms with Crippen molar-refractivity contribution in [3.8, 4) is 16.9 Å². The van der Waals surface area contributed by atoms with Crippen LogP contribution >= 0.6 is 0 Å². The Balaban J connectivity index is 1.39. The summed E-state index contributed by atoms with van der Waals surface area (Å²) in [5, 5.41) is 4.51. The smallest absolute Gasteiger partial charge is 0.435 e. The van der Waals surface area contributed by atoms with Gasteiger partial charge in [0.2, 0.25) is 0 Å². The minimum atomic E-state index is -4.67. The van der Waals surface area contributed by atoms with Crippen molar-refractivity contribution < 1.29 is 27.4 Å². The first-order valence-corrected chi connectivity index (χ1v) is 15.0. The largest absolute Gasteiger partial charge is 0.497 e. The molecule has 7 rings (SSSR count). The lowest BCUT2D eigenvalue weighted by molar-refractivity contribution is -0.140. The molecule has 0 spiro atoms. The number of nitrogens with zero attached hydrogens (tertiary/aromatic N) is 7. The summed E-state index contributed by atoms with van der Waals surface area (Å²) >= 11 is 0. The molecule has 2 aliphatic heterocycles. The number of aryl methyl sites for hydroxylation is 2. The lowest BCUT2D eigenvalue weighted by Crippen LogP contribution is -2.38. The zero-order valence-electron chi connectivity index (χ0n) is 25.6. The summed E-state index contributed by atoms with van der Waals surface area (Å²) in [6.45, 7) is 5.06. The molecule has 0 bridgehead atoms. The Morgan fingerprint density at radius 1 is 1.00 bits per heavy atom. The number of methoxy groups -OCH3 is 1. The topological polar surface area (TPSA) is 90.5 Å². The molecular formula is C33H32F3N7O3. The van der Waals surface area contributed by atoms with E-state index in [4.69, 9.17) is 14.5 Å². The number of hydrogen-bond donors (Lipinski definition) is 0. The molecule has 0 N–H and O–H groups in total. The fourth-order valence-electron chi connectivity index (χ4n) is 6.49. The van der Waals surface area contributed by atoms with Crippen LogP contribution in [0.4, 0.5) is 24.5 Å². The number of hydrogen-bond acceptors (Lipinski definition) is 7. The second-order valence-corrected chi connectivity index (χ2v) is 11.6. The lowest BCUT2D eigenvalue weighted by atomic mass is 9.87. The van der Waals surface area contributed by atoms with Gasteiger partial charge in [-0.1, -0.05) is 0 Å². The van der Waals surface area contributed by atoms with Crippen LogP contribution in [0.2, 0.25) is 0 Å². The number of carbonyl (C=O) groups excluding carboxylic acids is 1. The number of pyridine rings is 1. The van der Waals surface area contributed by atoms with Gasteiger partial charge < -0.3 is 23.8 Å². The first kappa shape index (κ1) is 29.8. The number of anilines is 2. The number of imidazole rings is 1. The maximum absolute atomic E-state index is 14.5. The zero-order chi connectivity index (χ0) is 32.2. The van der Waals surface area contributed by atoms with Crippen LogP contribution in [0.25, 0.3) is 22.0 Å². The molecule has 13 heteroatoms. The molecule has 0 atom stereocenters. The number of morpholine rings is 1. The van der Waals surface area contributed by atoms with Gasteiger partial charge in [0.1, 0.15) is 5.75 Å². The first-order valence-electron chi connectivity index (χ1n) is 15.0. The minimum absolute atomic E-state index is 0.0509. The van der Waals surface area contributed by atoms with Gasteiger partial charge in [-0.25, -0.2) is 4.98 Å². The van der Waals surface area contributed by atoms with Crippen LogP contribution in [0.5, 0.6) is 5.75 Å². The number of halogens is 3. The summed E-state index contributed by atoms with van der Waals surface area (Å²) in [6.07, 6.45) is 2.07. The molecule has 1 fully saturated rings. The predicted molar refractivity (Wildman–Crippen MR) is 166 cm³/mol. The van der Waals surface area contributed by atoms with Gasteiger partial charge in [-0.15, -0.1) is 0 Å². The molecule has 238 valence electrons. The number of amides is 1. The molecule has 10 nitrogen and oxygen atoms in total. The quantitative estimate of drug-likeness (QED) is 0.253. The molecule has 3 aromatic heterocycles. The molecule has 1 saturated heterocycles. The average Bonchev–Trinajstić information content (AvgIpc) is 3.70. The number of ether oxygens (including phenoxy) is 2. The van der Waals surface area contributed by atoms with E-state index in [1.807, 2.05) is 29.7 Å². The monoisotopic (exact) mass is 631 g/mol. The van der Waals surface area contributed by atoms with Gasteiger partial charge in [0.15, 0.2) is 5.69 Å². The first-order chi connectivity index (χ1) is 22.1. The highest BCUT2D eigenvalue weighted by Gasteiger charge is 2.39. The summed E-state index contributed by atoms with van der Waals surface area (Å²) in [6, 6.07) is 9.24. The molecule has 1 amide bonds. The minimum Gasteiger partial charge on any atom is -0.497 e. The van der Waals surface area contributed by atoms with Crippen molar-refractivity contribution in [3.05, 3.63) is 83.3 Å². The van der Waals surface area contributed by atoms with Crippen molar-refractivity contribution in [2.24, 2.45) is 7.05 Å². The van der Waals surface area contributed by atoms with Crippen molar-refractivity contribution >= 4 is 28.2 Å². The number of alkyl halides is 3. The van der Waals surface area contributed by atoms with E-state index in [9.17, 15) is 18.0 Å². The molecule has 5 aromatic rings. The lowest BCUT2D eigenvalue weighted by Gasteiger charge is -2.33. The Hall–Kier alpha value is -4.91. The van der Waals surface area contributed by atoms with Crippen molar-refractivity contribution in [2.45, 2.75) is 26.1 Å². The van der Waals surface area contributed by atoms with Gasteiger partial charge >= 0.3 is 6.18 Å². The molecule has 0 aliphatic carbocycles. The van der Waals surface area contributed by atoms with Gasteiger partial charge in [0.25, 0.3) is 5.91 Å². The third-order valence-electron chi connectivity index (χ3n) is 8.53. The third-order valence-corrected chi connectivity index (χ3v) is 8.53.